The van der Waals surface area contributed by atoms with Crippen molar-refractivity contribution in [3.05, 3.63) is 0 Å². The van der Waals surface area contributed by atoms with Gasteiger partial charge in [0, 0.05) is 6.04 Å². The Balaban J connectivity index is 3.29. The molecule has 0 aromatic heterocycles. The number of alkyl halides is 2. The fraction of sp³-hybridized carbons (Fsp3) is 1.00. The van der Waals surface area contributed by atoms with Gasteiger partial charge < -0.3 is 10.6 Å². The average Bonchev–Trinajstić information content (AvgIpc) is 1.82. The van der Waals surface area contributed by atoms with E-state index >= 15 is 0 Å². The molecule has 0 aliphatic carbocycles. The maximum atomic E-state index is 11.7. The number of hydrogen-bond donors (Lipinski definition) is 1. The smallest absolute Gasteiger partial charge is 0.251 e. The number of rotatable bonds is 5. The van der Waals surface area contributed by atoms with Crippen LogP contribution in [-0.4, -0.2) is 37.5 Å². The van der Waals surface area contributed by atoms with Crippen LogP contribution in [0, 0.1) is 0 Å². The maximum Gasteiger partial charge on any atom is 0.251 e. The molecule has 1 atom stereocenters. The molecule has 0 bridgehead atoms. The molecule has 0 rings (SSSR count). The standard InChI is InChI=1S/C7H16F2N2/c1-6(10)3-4-11(2)5-7(8)9/h6-7H,3-5,10H2,1-2H3. The summed E-state index contributed by atoms with van der Waals surface area (Å²) >= 11 is 0. The molecule has 2 nitrogen and oxygen atoms in total. The average molecular weight is 166 g/mol. The summed E-state index contributed by atoms with van der Waals surface area (Å²) in [4.78, 5) is 1.59. The van der Waals surface area contributed by atoms with Crippen LogP contribution in [0.3, 0.4) is 0 Å². The third-order valence-corrected chi connectivity index (χ3v) is 1.42. The van der Waals surface area contributed by atoms with Gasteiger partial charge in [-0.25, -0.2) is 8.78 Å². The van der Waals surface area contributed by atoms with Crippen molar-refractivity contribution in [3.63, 3.8) is 0 Å². The van der Waals surface area contributed by atoms with Gasteiger partial charge in [-0.15, -0.1) is 0 Å². The molecule has 0 saturated heterocycles. The first-order valence-corrected chi connectivity index (χ1v) is 3.74. The molecular weight excluding hydrogens is 150 g/mol. The summed E-state index contributed by atoms with van der Waals surface area (Å²) in [6, 6.07) is 0.0927. The lowest BCUT2D eigenvalue weighted by Gasteiger charge is -2.16. The van der Waals surface area contributed by atoms with E-state index in [0.29, 0.717) is 6.54 Å². The molecule has 0 fully saturated rings. The van der Waals surface area contributed by atoms with Crippen LogP contribution in [0.1, 0.15) is 13.3 Å². The number of halogens is 2. The van der Waals surface area contributed by atoms with Crippen molar-refractivity contribution in [2.75, 3.05) is 20.1 Å². The molecule has 0 spiro atoms. The molecule has 1 unspecified atom stereocenters. The molecule has 68 valence electrons. The van der Waals surface area contributed by atoms with E-state index in [4.69, 9.17) is 5.73 Å². The van der Waals surface area contributed by atoms with E-state index in [1.54, 1.807) is 11.9 Å². The quantitative estimate of drug-likeness (QED) is 0.658. The molecule has 4 heteroatoms. The van der Waals surface area contributed by atoms with Gasteiger partial charge in [0.05, 0.1) is 6.54 Å². The Morgan fingerprint density at radius 3 is 2.36 bits per heavy atom. The molecule has 0 aliphatic rings. The topological polar surface area (TPSA) is 29.3 Å². The second kappa shape index (κ2) is 5.43. The Bertz CT molecular complexity index is 96.4. The third-order valence-electron chi connectivity index (χ3n) is 1.42. The molecule has 0 aromatic carbocycles. The first kappa shape index (κ1) is 10.8. The van der Waals surface area contributed by atoms with Gasteiger partial charge in [0.2, 0.25) is 0 Å². The molecule has 0 heterocycles. The van der Waals surface area contributed by atoms with Gasteiger partial charge in [0.25, 0.3) is 6.43 Å². The first-order chi connectivity index (χ1) is 5.02. The van der Waals surface area contributed by atoms with Gasteiger partial charge in [-0.1, -0.05) is 0 Å². The van der Waals surface area contributed by atoms with Crippen LogP contribution in [0.4, 0.5) is 8.78 Å². The zero-order valence-corrected chi connectivity index (χ0v) is 7.06. The Morgan fingerprint density at radius 1 is 1.45 bits per heavy atom. The Morgan fingerprint density at radius 2 is 2.00 bits per heavy atom. The largest absolute Gasteiger partial charge is 0.328 e. The highest BCUT2D eigenvalue weighted by Gasteiger charge is 2.07. The highest BCUT2D eigenvalue weighted by Crippen LogP contribution is 1.97. The molecule has 2 N–H and O–H groups in total. The Kier molecular flexibility index (Phi) is 5.32. The molecule has 11 heavy (non-hydrogen) atoms. The summed E-state index contributed by atoms with van der Waals surface area (Å²) in [5, 5.41) is 0. The monoisotopic (exact) mass is 166 g/mol. The van der Waals surface area contributed by atoms with Gasteiger partial charge in [-0.05, 0) is 26.9 Å². The lowest BCUT2D eigenvalue weighted by atomic mass is 10.2. The molecule has 0 amide bonds. The Labute approximate surface area is 66.4 Å². The van der Waals surface area contributed by atoms with Crippen molar-refractivity contribution in [2.45, 2.75) is 25.8 Å². The van der Waals surface area contributed by atoms with Crippen molar-refractivity contribution >= 4 is 0 Å². The highest BCUT2D eigenvalue weighted by molar-refractivity contribution is 4.58. The van der Waals surface area contributed by atoms with E-state index < -0.39 is 6.43 Å². The minimum Gasteiger partial charge on any atom is -0.328 e. The van der Waals surface area contributed by atoms with Crippen molar-refractivity contribution in [2.24, 2.45) is 5.73 Å². The number of nitrogens with zero attached hydrogens (tertiary/aromatic N) is 1. The number of hydrogen-bond acceptors (Lipinski definition) is 2. The van der Waals surface area contributed by atoms with Crippen LogP contribution in [0.15, 0.2) is 0 Å². The highest BCUT2D eigenvalue weighted by atomic mass is 19.3. The lowest BCUT2D eigenvalue weighted by molar-refractivity contribution is 0.0992. The van der Waals surface area contributed by atoms with Gasteiger partial charge in [-0.2, -0.15) is 0 Å². The van der Waals surface area contributed by atoms with Crippen LogP contribution in [0.2, 0.25) is 0 Å². The molecule has 0 aromatic rings. The SMILES string of the molecule is CC(N)CCN(C)CC(F)F. The van der Waals surface area contributed by atoms with E-state index in [1.807, 2.05) is 6.92 Å². The van der Waals surface area contributed by atoms with Crippen molar-refractivity contribution < 1.29 is 8.78 Å². The van der Waals surface area contributed by atoms with Crippen LogP contribution >= 0.6 is 0 Å². The van der Waals surface area contributed by atoms with Crippen molar-refractivity contribution in [1.82, 2.24) is 4.90 Å². The van der Waals surface area contributed by atoms with Gasteiger partial charge in [-0.3, -0.25) is 0 Å². The van der Waals surface area contributed by atoms with Crippen molar-refractivity contribution in [3.8, 4) is 0 Å². The van der Waals surface area contributed by atoms with Crippen molar-refractivity contribution in [1.29, 1.82) is 0 Å². The predicted molar refractivity (Wildman–Crippen MR) is 41.8 cm³/mol. The molecule has 0 aliphatic heterocycles. The second-order valence-corrected chi connectivity index (χ2v) is 2.92. The molecule has 0 saturated carbocycles. The normalized spacial score (nSPS) is 14.5. The summed E-state index contributed by atoms with van der Waals surface area (Å²) in [5.74, 6) is 0. The van der Waals surface area contributed by atoms with E-state index in [2.05, 4.69) is 0 Å². The van der Waals surface area contributed by atoms with E-state index in [-0.39, 0.29) is 12.6 Å². The van der Waals surface area contributed by atoms with Gasteiger partial charge in [0.15, 0.2) is 0 Å². The van der Waals surface area contributed by atoms with E-state index in [9.17, 15) is 8.78 Å². The zero-order chi connectivity index (χ0) is 8.85. The lowest BCUT2D eigenvalue weighted by Crippen LogP contribution is -2.29. The van der Waals surface area contributed by atoms with Crippen LogP contribution in [0.5, 0.6) is 0 Å². The Hall–Kier alpha value is -0.220. The summed E-state index contributed by atoms with van der Waals surface area (Å²) in [6.07, 6.45) is -1.48. The second-order valence-electron chi connectivity index (χ2n) is 2.92. The van der Waals surface area contributed by atoms with Crippen LogP contribution in [-0.2, 0) is 0 Å². The maximum absolute atomic E-state index is 11.7. The van der Waals surface area contributed by atoms with Crippen LogP contribution in [0.25, 0.3) is 0 Å². The number of nitrogens with two attached hydrogens (primary N) is 1. The fourth-order valence-electron chi connectivity index (χ4n) is 0.751. The summed E-state index contributed by atoms with van der Waals surface area (Å²) in [7, 11) is 1.68. The molecule has 0 radical (unpaired) electrons. The zero-order valence-electron chi connectivity index (χ0n) is 7.06. The first-order valence-electron chi connectivity index (χ1n) is 3.74. The summed E-state index contributed by atoms with van der Waals surface area (Å²) in [5.41, 5.74) is 5.46. The summed E-state index contributed by atoms with van der Waals surface area (Å²) in [6.45, 7) is 2.35. The predicted octanol–water partition coefficient (Wildman–Crippen LogP) is 0.921. The van der Waals surface area contributed by atoms with E-state index in [1.165, 1.54) is 0 Å². The minimum absolute atomic E-state index is 0.0927. The van der Waals surface area contributed by atoms with Crippen LogP contribution < -0.4 is 5.73 Å². The third kappa shape index (κ3) is 7.68. The minimum atomic E-state index is -2.24. The van der Waals surface area contributed by atoms with Gasteiger partial charge in [0.1, 0.15) is 0 Å². The molecular formula is C7H16F2N2. The summed E-state index contributed by atoms with van der Waals surface area (Å²) < 4.78 is 23.5. The van der Waals surface area contributed by atoms with E-state index in [0.717, 1.165) is 6.42 Å². The fourth-order valence-corrected chi connectivity index (χ4v) is 0.751. The van der Waals surface area contributed by atoms with Gasteiger partial charge >= 0.3 is 0 Å².